The van der Waals surface area contributed by atoms with Crippen LogP contribution >= 0.6 is 0 Å². The highest BCUT2D eigenvalue weighted by Crippen LogP contribution is 2.33. The van der Waals surface area contributed by atoms with Gasteiger partial charge in [-0.15, -0.1) is 0 Å². The fourth-order valence-corrected chi connectivity index (χ4v) is 4.38. The smallest absolute Gasteiger partial charge is 0.180 e. The predicted octanol–water partition coefficient (Wildman–Crippen LogP) is 2.31. The molecule has 110 valence electrons. The molecule has 0 aliphatic carbocycles. The molecular formula is C16H17NO3S. The van der Waals surface area contributed by atoms with Crippen LogP contribution in [0.15, 0.2) is 53.4 Å². The highest BCUT2D eigenvalue weighted by molar-refractivity contribution is 7.91. The van der Waals surface area contributed by atoms with E-state index in [2.05, 4.69) is 5.32 Å². The number of methoxy groups -OCH3 is 1. The Hall–Kier alpha value is -1.85. The molecule has 0 saturated heterocycles. The van der Waals surface area contributed by atoms with Crippen LogP contribution in [0.4, 0.5) is 0 Å². The minimum Gasteiger partial charge on any atom is -0.497 e. The number of ether oxygens (including phenoxy) is 1. The van der Waals surface area contributed by atoms with Crippen LogP contribution in [0.3, 0.4) is 0 Å². The largest absolute Gasteiger partial charge is 0.497 e. The SMILES string of the molecule is COc1ccc(CNC2CS(=O)(=O)c3ccccc32)cc1. The minimum absolute atomic E-state index is 0.127. The van der Waals surface area contributed by atoms with E-state index >= 15 is 0 Å². The van der Waals surface area contributed by atoms with Crippen molar-refractivity contribution in [2.24, 2.45) is 0 Å². The van der Waals surface area contributed by atoms with E-state index in [9.17, 15) is 8.42 Å². The van der Waals surface area contributed by atoms with Crippen molar-refractivity contribution >= 4 is 9.84 Å². The third kappa shape index (κ3) is 2.80. The average molecular weight is 303 g/mol. The first-order chi connectivity index (χ1) is 10.1. The number of hydrogen-bond acceptors (Lipinski definition) is 4. The van der Waals surface area contributed by atoms with Gasteiger partial charge in [0.05, 0.1) is 17.8 Å². The van der Waals surface area contributed by atoms with E-state index in [1.54, 1.807) is 19.2 Å². The fourth-order valence-electron chi connectivity index (χ4n) is 2.60. The predicted molar refractivity (Wildman–Crippen MR) is 81.1 cm³/mol. The molecule has 5 heteroatoms. The van der Waals surface area contributed by atoms with Crippen molar-refractivity contribution in [2.45, 2.75) is 17.5 Å². The molecule has 4 nitrogen and oxygen atoms in total. The standard InChI is InChI=1S/C16H17NO3S/c1-20-13-8-6-12(7-9-13)10-17-15-11-21(18,19)16-5-3-2-4-14(15)16/h2-9,15,17H,10-11H2,1H3. The minimum atomic E-state index is -3.15. The molecule has 0 amide bonds. The topological polar surface area (TPSA) is 55.4 Å². The Morgan fingerprint density at radius 3 is 2.57 bits per heavy atom. The molecule has 1 N–H and O–H groups in total. The summed E-state index contributed by atoms with van der Waals surface area (Å²) in [5.41, 5.74) is 1.96. The average Bonchev–Trinajstić information content (AvgIpc) is 2.77. The zero-order valence-electron chi connectivity index (χ0n) is 11.7. The van der Waals surface area contributed by atoms with Gasteiger partial charge in [-0.2, -0.15) is 0 Å². The number of hydrogen-bond donors (Lipinski definition) is 1. The summed E-state index contributed by atoms with van der Waals surface area (Å²) in [6, 6.07) is 14.8. The van der Waals surface area contributed by atoms with Gasteiger partial charge in [0.25, 0.3) is 0 Å². The van der Waals surface area contributed by atoms with Gasteiger partial charge in [0.2, 0.25) is 0 Å². The lowest BCUT2D eigenvalue weighted by Gasteiger charge is -2.12. The second kappa shape index (κ2) is 5.50. The maximum Gasteiger partial charge on any atom is 0.180 e. The molecule has 1 aliphatic rings. The summed E-state index contributed by atoms with van der Waals surface area (Å²) in [4.78, 5) is 0.456. The maximum absolute atomic E-state index is 12.1. The molecule has 21 heavy (non-hydrogen) atoms. The second-order valence-corrected chi connectivity index (χ2v) is 7.10. The molecule has 1 heterocycles. The van der Waals surface area contributed by atoms with Crippen LogP contribution in [0.5, 0.6) is 5.75 Å². The normalized spacial score (nSPS) is 19.2. The Bertz CT molecular complexity index is 738. The Morgan fingerprint density at radius 2 is 1.86 bits per heavy atom. The summed E-state index contributed by atoms with van der Waals surface area (Å²) in [5.74, 6) is 0.940. The first-order valence-electron chi connectivity index (χ1n) is 6.78. The van der Waals surface area contributed by atoms with Gasteiger partial charge in [-0.1, -0.05) is 30.3 Å². The molecule has 1 unspecified atom stereocenters. The van der Waals surface area contributed by atoms with Crippen molar-refractivity contribution in [3.05, 3.63) is 59.7 Å². The summed E-state index contributed by atoms with van der Waals surface area (Å²) < 4.78 is 29.3. The molecule has 0 spiro atoms. The molecule has 2 aromatic rings. The van der Waals surface area contributed by atoms with Crippen LogP contribution in [0, 0.1) is 0 Å². The number of sulfone groups is 1. The summed E-state index contributed by atoms with van der Waals surface area (Å²) >= 11 is 0. The summed E-state index contributed by atoms with van der Waals surface area (Å²) in [7, 11) is -1.52. The van der Waals surface area contributed by atoms with E-state index in [-0.39, 0.29) is 11.8 Å². The lowest BCUT2D eigenvalue weighted by atomic mass is 10.1. The number of nitrogens with one attached hydrogen (secondary N) is 1. The van der Waals surface area contributed by atoms with Crippen molar-refractivity contribution < 1.29 is 13.2 Å². The zero-order valence-corrected chi connectivity index (χ0v) is 12.6. The zero-order chi connectivity index (χ0) is 14.9. The lowest BCUT2D eigenvalue weighted by Crippen LogP contribution is -2.22. The number of benzene rings is 2. The van der Waals surface area contributed by atoms with Gasteiger partial charge in [-0.05, 0) is 29.3 Å². The molecular weight excluding hydrogens is 286 g/mol. The summed E-state index contributed by atoms with van der Waals surface area (Å²) in [5, 5.41) is 3.33. The van der Waals surface area contributed by atoms with Gasteiger partial charge in [0, 0.05) is 12.6 Å². The number of fused-ring (bicyclic) bond motifs is 1. The molecule has 0 radical (unpaired) electrons. The van der Waals surface area contributed by atoms with Crippen molar-refractivity contribution in [2.75, 3.05) is 12.9 Å². The Labute approximate surface area is 124 Å². The highest BCUT2D eigenvalue weighted by Gasteiger charge is 2.33. The summed E-state index contributed by atoms with van der Waals surface area (Å²) in [6.45, 7) is 0.624. The highest BCUT2D eigenvalue weighted by atomic mass is 32.2. The maximum atomic E-state index is 12.1. The van der Waals surface area contributed by atoms with Gasteiger partial charge < -0.3 is 10.1 Å². The van der Waals surface area contributed by atoms with Crippen LogP contribution < -0.4 is 10.1 Å². The Kier molecular flexibility index (Phi) is 3.69. The third-order valence-electron chi connectivity index (χ3n) is 3.73. The monoisotopic (exact) mass is 303 g/mol. The van der Waals surface area contributed by atoms with Crippen LogP contribution in [0.25, 0.3) is 0 Å². The lowest BCUT2D eigenvalue weighted by molar-refractivity contribution is 0.414. The van der Waals surface area contributed by atoms with E-state index in [4.69, 9.17) is 4.74 Å². The van der Waals surface area contributed by atoms with Crippen molar-refractivity contribution in [3.8, 4) is 5.75 Å². The third-order valence-corrected chi connectivity index (χ3v) is 5.54. The van der Waals surface area contributed by atoms with Gasteiger partial charge in [0.1, 0.15) is 5.75 Å². The molecule has 2 aromatic carbocycles. The first-order valence-corrected chi connectivity index (χ1v) is 8.43. The van der Waals surface area contributed by atoms with Crippen LogP contribution in [0.1, 0.15) is 17.2 Å². The molecule has 1 aliphatic heterocycles. The van der Waals surface area contributed by atoms with E-state index < -0.39 is 9.84 Å². The fraction of sp³-hybridized carbons (Fsp3) is 0.250. The van der Waals surface area contributed by atoms with Crippen molar-refractivity contribution in [1.82, 2.24) is 5.32 Å². The van der Waals surface area contributed by atoms with Gasteiger partial charge in [0.15, 0.2) is 9.84 Å². The molecule has 3 rings (SSSR count). The molecule has 0 saturated carbocycles. The van der Waals surface area contributed by atoms with Crippen molar-refractivity contribution in [3.63, 3.8) is 0 Å². The Morgan fingerprint density at radius 1 is 1.14 bits per heavy atom. The van der Waals surface area contributed by atoms with E-state index in [1.165, 1.54) is 0 Å². The van der Waals surface area contributed by atoms with Crippen LogP contribution in [-0.4, -0.2) is 21.3 Å². The van der Waals surface area contributed by atoms with Gasteiger partial charge >= 0.3 is 0 Å². The molecule has 0 aromatic heterocycles. The molecule has 0 bridgehead atoms. The molecule has 0 fully saturated rings. The van der Waals surface area contributed by atoms with Gasteiger partial charge in [-0.3, -0.25) is 0 Å². The van der Waals surface area contributed by atoms with Gasteiger partial charge in [-0.25, -0.2) is 8.42 Å². The second-order valence-electron chi connectivity index (χ2n) is 5.10. The summed E-state index contributed by atoms with van der Waals surface area (Å²) in [6.07, 6.45) is 0. The number of rotatable bonds is 4. The first kappa shape index (κ1) is 14.1. The van der Waals surface area contributed by atoms with Crippen LogP contribution in [0.2, 0.25) is 0 Å². The van der Waals surface area contributed by atoms with E-state index in [0.29, 0.717) is 11.4 Å². The van der Waals surface area contributed by atoms with Crippen LogP contribution in [-0.2, 0) is 16.4 Å². The van der Waals surface area contributed by atoms with Crippen molar-refractivity contribution in [1.29, 1.82) is 0 Å². The molecule has 1 atom stereocenters. The van der Waals surface area contributed by atoms with E-state index in [0.717, 1.165) is 16.9 Å². The van der Waals surface area contributed by atoms with E-state index in [1.807, 2.05) is 36.4 Å². The quantitative estimate of drug-likeness (QED) is 0.942. The Balaban J connectivity index is 1.74.